The highest BCUT2D eigenvalue weighted by atomic mass is 15.2. The lowest BCUT2D eigenvalue weighted by molar-refractivity contribution is 0.668. The minimum absolute atomic E-state index is 0.718. The molecule has 3 rings (SSSR count). The molecule has 0 saturated heterocycles. The maximum atomic E-state index is 4.70. The van der Waals surface area contributed by atoms with Gasteiger partial charge in [0.1, 0.15) is 5.82 Å². The average molecular weight is 244 g/mol. The van der Waals surface area contributed by atoms with Crippen molar-refractivity contribution in [3.8, 4) is 0 Å². The van der Waals surface area contributed by atoms with Crippen LogP contribution in [-0.4, -0.2) is 29.1 Å². The van der Waals surface area contributed by atoms with Crippen LogP contribution in [0.1, 0.15) is 31.9 Å². The van der Waals surface area contributed by atoms with Crippen molar-refractivity contribution < 1.29 is 0 Å². The van der Waals surface area contributed by atoms with E-state index in [2.05, 4.69) is 28.2 Å². The van der Waals surface area contributed by atoms with Crippen molar-refractivity contribution in [3.63, 3.8) is 0 Å². The van der Waals surface area contributed by atoms with Crippen molar-refractivity contribution in [2.75, 3.05) is 18.0 Å². The molecular formula is C14H20N4. The summed E-state index contributed by atoms with van der Waals surface area (Å²) in [4.78, 5) is 11.3. The molecule has 0 bridgehead atoms. The van der Waals surface area contributed by atoms with Crippen LogP contribution >= 0.6 is 0 Å². The molecule has 1 N–H and O–H groups in total. The first-order valence-electron chi connectivity index (χ1n) is 6.76. The summed E-state index contributed by atoms with van der Waals surface area (Å²) >= 11 is 0. The molecule has 2 aliphatic rings. The molecule has 2 heterocycles. The quantitative estimate of drug-likeness (QED) is 0.821. The number of nitrogens with zero attached hydrogens (tertiary/aromatic N) is 3. The Morgan fingerprint density at radius 1 is 1.39 bits per heavy atom. The van der Waals surface area contributed by atoms with Gasteiger partial charge in [0.05, 0.1) is 11.9 Å². The van der Waals surface area contributed by atoms with E-state index in [9.17, 15) is 0 Å². The Hall–Kier alpha value is -1.42. The van der Waals surface area contributed by atoms with E-state index >= 15 is 0 Å². The molecule has 0 spiro atoms. The molecule has 0 unspecified atom stereocenters. The molecule has 1 aromatic rings. The SMILES string of the molecule is CC1=CCCN(c2cncc(CNC3CC3)n2)C1. The minimum atomic E-state index is 0.718. The summed E-state index contributed by atoms with van der Waals surface area (Å²) in [6.07, 6.45) is 9.78. The van der Waals surface area contributed by atoms with E-state index in [0.29, 0.717) is 0 Å². The second-order valence-electron chi connectivity index (χ2n) is 5.28. The van der Waals surface area contributed by atoms with Gasteiger partial charge in [0, 0.05) is 31.9 Å². The van der Waals surface area contributed by atoms with Gasteiger partial charge in [-0.3, -0.25) is 4.98 Å². The van der Waals surface area contributed by atoms with Gasteiger partial charge in [-0.25, -0.2) is 4.98 Å². The highest BCUT2D eigenvalue weighted by Gasteiger charge is 2.20. The summed E-state index contributed by atoms with van der Waals surface area (Å²) < 4.78 is 0. The summed E-state index contributed by atoms with van der Waals surface area (Å²) in [6, 6.07) is 0.718. The van der Waals surface area contributed by atoms with Gasteiger partial charge in [0.15, 0.2) is 0 Å². The van der Waals surface area contributed by atoms with Gasteiger partial charge < -0.3 is 10.2 Å². The molecule has 96 valence electrons. The molecule has 0 radical (unpaired) electrons. The van der Waals surface area contributed by atoms with Gasteiger partial charge in [-0.1, -0.05) is 11.6 Å². The number of aromatic nitrogens is 2. The van der Waals surface area contributed by atoms with E-state index in [4.69, 9.17) is 4.98 Å². The fourth-order valence-corrected chi connectivity index (χ4v) is 2.28. The normalized spacial score (nSPS) is 19.8. The third kappa shape index (κ3) is 2.88. The molecule has 4 heteroatoms. The van der Waals surface area contributed by atoms with Crippen LogP contribution in [0.25, 0.3) is 0 Å². The van der Waals surface area contributed by atoms with Crippen LogP contribution in [0.15, 0.2) is 24.0 Å². The van der Waals surface area contributed by atoms with Gasteiger partial charge in [-0.15, -0.1) is 0 Å². The topological polar surface area (TPSA) is 41.1 Å². The Morgan fingerprint density at radius 2 is 2.28 bits per heavy atom. The second kappa shape index (κ2) is 5.06. The monoisotopic (exact) mass is 244 g/mol. The highest BCUT2D eigenvalue weighted by Crippen LogP contribution is 2.20. The molecule has 1 fully saturated rings. The average Bonchev–Trinajstić information content (AvgIpc) is 3.21. The predicted octanol–water partition coefficient (Wildman–Crippen LogP) is 1.89. The summed E-state index contributed by atoms with van der Waals surface area (Å²) in [5.74, 6) is 1.01. The van der Waals surface area contributed by atoms with E-state index in [0.717, 1.165) is 43.6 Å². The maximum Gasteiger partial charge on any atom is 0.147 e. The first kappa shape index (κ1) is 11.7. The van der Waals surface area contributed by atoms with Gasteiger partial charge in [0.2, 0.25) is 0 Å². The summed E-state index contributed by atoms with van der Waals surface area (Å²) in [6.45, 7) is 5.05. The molecule has 1 saturated carbocycles. The largest absolute Gasteiger partial charge is 0.351 e. The first-order chi connectivity index (χ1) is 8.81. The minimum Gasteiger partial charge on any atom is -0.351 e. The zero-order valence-corrected chi connectivity index (χ0v) is 10.9. The van der Waals surface area contributed by atoms with E-state index in [1.807, 2.05) is 12.4 Å². The van der Waals surface area contributed by atoms with E-state index in [1.165, 1.54) is 18.4 Å². The lowest BCUT2D eigenvalue weighted by Crippen LogP contribution is -2.30. The van der Waals surface area contributed by atoms with E-state index < -0.39 is 0 Å². The summed E-state index contributed by atoms with van der Waals surface area (Å²) in [7, 11) is 0. The predicted molar refractivity (Wildman–Crippen MR) is 72.5 cm³/mol. The third-order valence-corrected chi connectivity index (χ3v) is 3.48. The standard InChI is InChI=1S/C14H20N4/c1-11-3-2-6-18(10-11)14-9-15-7-13(17-14)8-16-12-4-5-12/h3,7,9,12,16H,2,4-6,8,10H2,1H3. The first-order valence-corrected chi connectivity index (χ1v) is 6.76. The van der Waals surface area contributed by atoms with Crippen LogP contribution in [0, 0.1) is 0 Å². The van der Waals surface area contributed by atoms with Crippen molar-refractivity contribution in [2.45, 2.75) is 38.8 Å². The lowest BCUT2D eigenvalue weighted by Gasteiger charge is -2.27. The second-order valence-corrected chi connectivity index (χ2v) is 5.28. The van der Waals surface area contributed by atoms with Crippen LogP contribution < -0.4 is 10.2 Å². The Balaban J connectivity index is 1.67. The number of nitrogens with one attached hydrogen (secondary N) is 1. The van der Waals surface area contributed by atoms with Crippen molar-refractivity contribution >= 4 is 5.82 Å². The molecule has 18 heavy (non-hydrogen) atoms. The highest BCUT2D eigenvalue weighted by molar-refractivity contribution is 5.40. The number of anilines is 1. The van der Waals surface area contributed by atoms with Crippen molar-refractivity contribution in [1.82, 2.24) is 15.3 Å². The van der Waals surface area contributed by atoms with Crippen molar-refractivity contribution in [2.24, 2.45) is 0 Å². The van der Waals surface area contributed by atoms with Gasteiger partial charge in [0.25, 0.3) is 0 Å². The van der Waals surface area contributed by atoms with Crippen LogP contribution in [0.2, 0.25) is 0 Å². The molecule has 1 aromatic heterocycles. The Bertz CT molecular complexity index is 451. The van der Waals surface area contributed by atoms with Gasteiger partial charge in [-0.05, 0) is 26.2 Å². The fourth-order valence-electron chi connectivity index (χ4n) is 2.28. The smallest absolute Gasteiger partial charge is 0.147 e. The van der Waals surface area contributed by atoms with Crippen molar-refractivity contribution in [1.29, 1.82) is 0 Å². The number of hydrogen-bond donors (Lipinski definition) is 1. The molecule has 0 aromatic carbocycles. The Kier molecular flexibility index (Phi) is 3.28. The van der Waals surface area contributed by atoms with Crippen LogP contribution in [0.3, 0.4) is 0 Å². The Labute approximate surface area is 108 Å². The molecule has 4 nitrogen and oxygen atoms in total. The zero-order valence-electron chi connectivity index (χ0n) is 10.9. The summed E-state index contributed by atoms with van der Waals surface area (Å²) in [5, 5.41) is 3.48. The van der Waals surface area contributed by atoms with Crippen LogP contribution in [-0.2, 0) is 6.54 Å². The fraction of sp³-hybridized carbons (Fsp3) is 0.571. The summed E-state index contributed by atoms with van der Waals surface area (Å²) in [5.41, 5.74) is 2.47. The number of rotatable bonds is 4. The van der Waals surface area contributed by atoms with E-state index in [-0.39, 0.29) is 0 Å². The molecular weight excluding hydrogens is 224 g/mol. The Morgan fingerprint density at radius 3 is 3.06 bits per heavy atom. The molecule has 0 atom stereocenters. The molecule has 1 aliphatic heterocycles. The van der Waals surface area contributed by atoms with Crippen LogP contribution in [0.4, 0.5) is 5.82 Å². The number of hydrogen-bond acceptors (Lipinski definition) is 4. The molecule has 0 amide bonds. The zero-order chi connectivity index (χ0) is 12.4. The molecule has 1 aliphatic carbocycles. The van der Waals surface area contributed by atoms with E-state index in [1.54, 1.807) is 0 Å². The third-order valence-electron chi connectivity index (χ3n) is 3.48. The maximum absolute atomic E-state index is 4.70. The van der Waals surface area contributed by atoms with Crippen molar-refractivity contribution in [3.05, 3.63) is 29.7 Å². The van der Waals surface area contributed by atoms with Gasteiger partial charge in [-0.2, -0.15) is 0 Å². The van der Waals surface area contributed by atoms with Crippen LogP contribution in [0.5, 0.6) is 0 Å². The lowest BCUT2D eigenvalue weighted by atomic mass is 10.1. The van der Waals surface area contributed by atoms with Gasteiger partial charge >= 0.3 is 0 Å².